The summed E-state index contributed by atoms with van der Waals surface area (Å²) in [5, 5.41) is 5.46. The monoisotopic (exact) mass is 360 g/mol. The van der Waals surface area contributed by atoms with Crippen LogP contribution in [-0.4, -0.2) is 18.4 Å². The summed E-state index contributed by atoms with van der Waals surface area (Å²) >= 11 is 3.31. The maximum Gasteiger partial charge on any atom is 0.251 e. The van der Waals surface area contributed by atoms with E-state index in [0.29, 0.717) is 5.56 Å². The second-order valence-electron chi connectivity index (χ2n) is 4.89. The third-order valence-electron chi connectivity index (χ3n) is 3.19. The summed E-state index contributed by atoms with van der Waals surface area (Å²) in [7, 11) is 0. The summed E-state index contributed by atoms with van der Waals surface area (Å²) in [6.07, 6.45) is 0. The number of nitrogens with one attached hydrogen (secondary N) is 2. The summed E-state index contributed by atoms with van der Waals surface area (Å²) in [6.45, 7) is 1.86. The largest absolute Gasteiger partial charge is 0.348 e. The molecule has 4 nitrogen and oxygen atoms in total. The lowest BCUT2D eigenvalue weighted by atomic mass is 10.1. The van der Waals surface area contributed by atoms with Crippen molar-refractivity contribution in [3.05, 3.63) is 70.2 Å². The molecule has 0 aliphatic rings. The Morgan fingerprint density at radius 1 is 1.05 bits per heavy atom. The van der Waals surface area contributed by atoms with Gasteiger partial charge in [0.15, 0.2) is 0 Å². The molecule has 2 aromatic rings. The number of amides is 2. The molecule has 0 unspecified atom stereocenters. The van der Waals surface area contributed by atoms with Crippen LogP contribution >= 0.6 is 15.9 Å². The summed E-state index contributed by atoms with van der Waals surface area (Å²) in [5.74, 6) is -0.489. The highest BCUT2D eigenvalue weighted by Crippen LogP contribution is 2.11. The first kappa shape index (κ1) is 16.2. The molecule has 2 rings (SSSR count). The van der Waals surface area contributed by atoms with Gasteiger partial charge in [-0.1, -0.05) is 46.3 Å². The minimum absolute atomic E-state index is 0.0495. The molecule has 0 heterocycles. The Hall–Kier alpha value is -2.14. The average molecular weight is 361 g/mol. The van der Waals surface area contributed by atoms with Crippen molar-refractivity contribution >= 4 is 27.7 Å². The predicted octanol–water partition coefficient (Wildman–Crippen LogP) is 3.06. The number of hydrogen-bond donors (Lipinski definition) is 2. The van der Waals surface area contributed by atoms with Gasteiger partial charge in [0.2, 0.25) is 5.91 Å². The standard InChI is InChI=1S/C17H17BrN2O2/c1-12(13-5-3-2-4-6-13)20-16(21)11-19-17(22)14-7-9-15(18)10-8-14/h2-10,12H,11H2,1H3,(H,19,22)(H,20,21)/t12-/m0/s1. The Labute approximate surface area is 138 Å². The highest BCUT2D eigenvalue weighted by molar-refractivity contribution is 9.10. The fourth-order valence-corrected chi connectivity index (χ4v) is 2.25. The second-order valence-corrected chi connectivity index (χ2v) is 5.81. The van der Waals surface area contributed by atoms with E-state index in [1.165, 1.54) is 0 Å². The van der Waals surface area contributed by atoms with Gasteiger partial charge in [-0.3, -0.25) is 9.59 Å². The molecule has 0 aliphatic carbocycles. The van der Waals surface area contributed by atoms with Crippen LogP contribution in [0.15, 0.2) is 59.1 Å². The number of carbonyl (C=O) groups excluding carboxylic acids is 2. The Morgan fingerprint density at radius 2 is 1.68 bits per heavy atom. The van der Waals surface area contributed by atoms with E-state index in [2.05, 4.69) is 26.6 Å². The molecule has 114 valence electrons. The summed E-state index contributed by atoms with van der Waals surface area (Å²) in [5.41, 5.74) is 1.54. The molecule has 0 aliphatic heterocycles. The molecule has 2 amide bonds. The van der Waals surface area contributed by atoms with Gasteiger partial charge in [0.1, 0.15) is 0 Å². The van der Waals surface area contributed by atoms with E-state index in [9.17, 15) is 9.59 Å². The highest BCUT2D eigenvalue weighted by atomic mass is 79.9. The summed E-state index contributed by atoms with van der Waals surface area (Å²) < 4.78 is 0.901. The van der Waals surface area contributed by atoms with Gasteiger partial charge in [-0.05, 0) is 36.8 Å². The Kier molecular flexibility index (Phi) is 5.72. The van der Waals surface area contributed by atoms with Crippen LogP contribution in [0.25, 0.3) is 0 Å². The maximum atomic E-state index is 11.9. The molecule has 0 spiro atoms. The van der Waals surface area contributed by atoms with Crippen LogP contribution in [0.5, 0.6) is 0 Å². The zero-order valence-electron chi connectivity index (χ0n) is 12.2. The first-order chi connectivity index (χ1) is 10.6. The van der Waals surface area contributed by atoms with Crippen LogP contribution in [0, 0.1) is 0 Å². The number of hydrogen-bond acceptors (Lipinski definition) is 2. The Bertz CT molecular complexity index is 641. The zero-order chi connectivity index (χ0) is 15.9. The van der Waals surface area contributed by atoms with E-state index in [0.717, 1.165) is 10.0 Å². The van der Waals surface area contributed by atoms with Gasteiger partial charge < -0.3 is 10.6 Å². The summed E-state index contributed by atoms with van der Waals surface area (Å²) in [6, 6.07) is 16.5. The molecule has 0 saturated carbocycles. The SMILES string of the molecule is C[C@H](NC(=O)CNC(=O)c1ccc(Br)cc1)c1ccccc1. The van der Waals surface area contributed by atoms with E-state index < -0.39 is 0 Å². The van der Waals surface area contributed by atoms with Crippen molar-refractivity contribution in [1.82, 2.24) is 10.6 Å². The van der Waals surface area contributed by atoms with Crippen LogP contribution in [0.3, 0.4) is 0 Å². The molecule has 0 fully saturated rings. The smallest absolute Gasteiger partial charge is 0.251 e. The lowest BCUT2D eigenvalue weighted by Crippen LogP contribution is -2.38. The highest BCUT2D eigenvalue weighted by Gasteiger charge is 2.11. The molecule has 2 N–H and O–H groups in total. The third-order valence-corrected chi connectivity index (χ3v) is 3.72. The summed E-state index contributed by atoms with van der Waals surface area (Å²) in [4.78, 5) is 23.8. The van der Waals surface area contributed by atoms with Crippen molar-refractivity contribution in [2.45, 2.75) is 13.0 Å². The quantitative estimate of drug-likeness (QED) is 0.860. The van der Waals surface area contributed by atoms with E-state index in [4.69, 9.17) is 0 Å². The van der Waals surface area contributed by atoms with E-state index >= 15 is 0 Å². The van der Waals surface area contributed by atoms with Crippen molar-refractivity contribution in [1.29, 1.82) is 0 Å². The van der Waals surface area contributed by atoms with Crippen LogP contribution in [0.2, 0.25) is 0 Å². The molecule has 5 heteroatoms. The van der Waals surface area contributed by atoms with Gasteiger partial charge >= 0.3 is 0 Å². The fourth-order valence-electron chi connectivity index (χ4n) is 1.98. The Balaban J connectivity index is 1.82. The first-order valence-electron chi connectivity index (χ1n) is 6.94. The van der Waals surface area contributed by atoms with E-state index in [-0.39, 0.29) is 24.4 Å². The van der Waals surface area contributed by atoms with Gasteiger partial charge in [-0.2, -0.15) is 0 Å². The molecule has 0 bridgehead atoms. The van der Waals surface area contributed by atoms with Gasteiger partial charge in [-0.15, -0.1) is 0 Å². The number of benzene rings is 2. The van der Waals surface area contributed by atoms with Crippen LogP contribution < -0.4 is 10.6 Å². The van der Waals surface area contributed by atoms with Crippen molar-refractivity contribution in [3.63, 3.8) is 0 Å². The van der Waals surface area contributed by atoms with Crippen LogP contribution in [0.1, 0.15) is 28.9 Å². The predicted molar refractivity (Wildman–Crippen MR) is 89.5 cm³/mol. The van der Waals surface area contributed by atoms with Gasteiger partial charge in [0.05, 0.1) is 12.6 Å². The van der Waals surface area contributed by atoms with E-state index in [1.54, 1.807) is 24.3 Å². The molecular weight excluding hydrogens is 344 g/mol. The lowest BCUT2D eigenvalue weighted by molar-refractivity contribution is -0.120. The zero-order valence-corrected chi connectivity index (χ0v) is 13.8. The van der Waals surface area contributed by atoms with Crippen LogP contribution in [-0.2, 0) is 4.79 Å². The van der Waals surface area contributed by atoms with Gasteiger partial charge in [-0.25, -0.2) is 0 Å². The third kappa shape index (κ3) is 4.70. The number of halogens is 1. The van der Waals surface area contributed by atoms with Crippen molar-refractivity contribution in [2.24, 2.45) is 0 Å². The molecule has 0 saturated heterocycles. The molecule has 2 aromatic carbocycles. The van der Waals surface area contributed by atoms with Crippen molar-refractivity contribution < 1.29 is 9.59 Å². The molecular formula is C17H17BrN2O2. The lowest BCUT2D eigenvalue weighted by Gasteiger charge is -2.14. The topological polar surface area (TPSA) is 58.2 Å². The van der Waals surface area contributed by atoms with E-state index in [1.807, 2.05) is 37.3 Å². The molecule has 0 radical (unpaired) electrons. The first-order valence-corrected chi connectivity index (χ1v) is 7.73. The van der Waals surface area contributed by atoms with Crippen molar-refractivity contribution in [3.8, 4) is 0 Å². The maximum absolute atomic E-state index is 11.9. The average Bonchev–Trinajstić information content (AvgIpc) is 2.54. The normalized spacial score (nSPS) is 11.5. The van der Waals surface area contributed by atoms with Gasteiger partial charge in [0, 0.05) is 10.0 Å². The number of carbonyl (C=O) groups is 2. The minimum atomic E-state index is -0.269. The van der Waals surface area contributed by atoms with Gasteiger partial charge in [0.25, 0.3) is 5.91 Å². The van der Waals surface area contributed by atoms with Crippen LogP contribution in [0.4, 0.5) is 0 Å². The second kappa shape index (κ2) is 7.75. The minimum Gasteiger partial charge on any atom is -0.348 e. The molecule has 22 heavy (non-hydrogen) atoms. The molecule has 1 atom stereocenters. The van der Waals surface area contributed by atoms with Crippen molar-refractivity contribution in [2.75, 3.05) is 6.54 Å². The number of rotatable bonds is 5. The fraction of sp³-hybridized carbons (Fsp3) is 0.176. The Morgan fingerprint density at radius 3 is 2.32 bits per heavy atom. The molecule has 0 aromatic heterocycles.